The van der Waals surface area contributed by atoms with Crippen molar-refractivity contribution in [2.75, 3.05) is 0 Å². The molecule has 0 aromatic heterocycles. The lowest BCUT2D eigenvalue weighted by Crippen LogP contribution is -2.54. The number of phenolic OH excluding ortho intramolecular Hbond substituents is 1. The van der Waals surface area contributed by atoms with Crippen molar-refractivity contribution in [3.05, 3.63) is 34.9 Å². The lowest BCUT2D eigenvalue weighted by Gasteiger charge is -2.52. The Morgan fingerprint density at radius 2 is 1.83 bits per heavy atom. The summed E-state index contributed by atoms with van der Waals surface area (Å²) < 4.78 is 6.94. The van der Waals surface area contributed by atoms with Gasteiger partial charge in [0.1, 0.15) is 5.75 Å². The molecule has 3 aliphatic rings. The maximum Gasteiger partial charge on any atom is 0.192 e. The number of benzene rings is 1. The predicted molar refractivity (Wildman–Crippen MR) is 121 cm³/mol. The van der Waals surface area contributed by atoms with Crippen molar-refractivity contribution < 1.29 is 14.6 Å². The molecule has 3 aliphatic carbocycles. The molecule has 0 spiro atoms. The third-order valence-corrected chi connectivity index (χ3v) is 13.3. The van der Waals surface area contributed by atoms with Gasteiger partial charge in [-0.25, -0.2) is 0 Å². The van der Waals surface area contributed by atoms with Crippen LogP contribution in [0, 0.1) is 11.3 Å². The van der Waals surface area contributed by atoms with Crippen molar-refractivity contribution >= 4 is 14.4 Å². The molecule has 1 unspecified atom stereocenters. The summed E-state index contributed by atoms with van der Waals surface area (Å²) in [5.74, 6) is 0.545. The van der Waals surface area contributed by atoms with Crippen LogP contribution in [0.15, 0.2) is 23.8 Å². The highest BCUT2D eigenvalue weighted by molar-refractivity contribution is 6.74. The molecule has 0 aliphatic heterocycles. The Labute approximate surface area is 177 Å². The van der Waals surface area contributed by atoms with E-state index < -0.39 is 13.9 Å². The largest absolute Gasteiger partial charge is 0.508 e. The minimum Gasteiger partial charge on any atom is -0.508 e. The van der Waals surface area contributed by atoms with Gasteiger partial charge >= 0.3 is 0 Å². The van der Waals surface area contributed by atoms with E-state index in [0.717, 1.165) is 49.7 Å². The fraction of sp³-hybridized carbons (Fsp3) is 0.680. The van der Waals surface area contributed by atoms with Crippen molar-refractivity contribution in [3.8, 4) is 5.75 Å². The van der Waals surface area contributed by atoms with Crippen LogP contribution in [0.1, 0.15) is 70.9 Å². The molecule has 2 N–H and O–H groups in total. The summed E-state index contributed by atoms with van der Waals surface area (Å²) in [6, 6.07) is 5.62. The van der Waals surface area contributed by atoms with Crippen LogP contribution in [-0.4, -0.2) is 30.2 Å². The van der Waals surface area contributed by atoms with Gasteiger partial charge in [-0.1, -0.05) is 39.8 Å². The summed E-state index contributed by atoms with van der Waals surface area (Å²) in [6.45, 7) is 14.0. The number of rotatable bonds is 2. The zero-order chi connectivity index (χ0) is 21.2. The number of hydrogen-bond donors (Lipinski definition) is 2. The van der Waals surface area contributed by atoms with Crippen LogP contribution >= 0.6 is 0 Å². The SMILES string of the molecule is CC(C)(C)[Si](C)(C)OC1CC[C@H]2[C@@]3(O)CCc4ccc(O)cc4C=C3CC[C@]12C. The number of aliphatic hydroxyl groups is 1. The highest BCUT2D eigenvalue weighted by Crippen LogP contribution is 2.61. The number of aromatic hydroxyl groups is 1. The molecule has 1 aromatic carbocycles. The molecular formula is C25H38O3Si. The van der Waals surface area contributed by atoms with Crippen LogP contribution in [0.5, 0.6) is 5.75 Å². The molecule has 2 saturated carbocycles. The van der Waals surface area contributed by atoms with Crippen LogP contribution in [0.25, 0.3) is 6.08 Å². The van der Waals surface area contributed by atoms with E-state index in [9.17, 15) is 10.2 Å². The number of fused-ring (bicyclic) bond motifs is 4. The van der Waals surface area contributed by atoms with E-state index in [0.29, 0.717) is 5.75 Å². The quantitative estimate of drug-likeness (QED) is 0.579. The highest BCUT2D eigenvalue weighted by atomic mass is 28.4. The Morgan fingerprint density at radius 1 is 1.10 bits per heavy atom. The topological polar surface area (TPSA) is 49.7 Å². The summed E-state index contributed by atoms with van der Waals surface area (Å²) in [5, 5.41) is 22.2. The first-order valence-corrected chi connectivity index (χ1v) is 14.2. The molecule has 0 saturated heterocycles. The van der Waals surface area contributed by atoms with E-state index >= 15 is 0 Å². The fourth-order valence-corrected chi connectivity index (χ4v) is 7.33. The van der Waals surface area contributed by atoms with Crippen molar-refractivity contribution in [3.63, 3.8) is 0 Å². The Morgan fingerprint density at radius 3 is 2.52 bits per heavy atom. The zero-order valence-corrected chi connectivity index (χ0v) is 20.0. The van der Waals surface area contributed by atoms with E-state index in [4.69, 9.17) is 4.43 Å². The molecule has 2 fully saturated rings. The van der Waals surface area contributed by atoms with Crippen molar-refractivity contribution in [2.24, 2.45) is 11.3 Å². The van der Waals surface area contributed by atoms with Gasteiger partial charge in [-0.15, -0.1) is 0 Å². The van der Waals surface area contributed by atoms with Gasteiger partial charge in [-0.2, -0.15) is 0 Å². The minimum absolute atomic E-state index is 0.0280. The molecule has 0 amide bonds. The number of phenols is 1. The fourth-order valence-electron chi connectivity index (χ4n) is 5.88. The smallest absolute Gasteiger partial charge is 0.192 e. The molecule has 4 heteroatoms. The van der Waals surface area contributed by atoms with Crippen LogP contribution in [0.3, 0.4) is 0 Å². The Bertz CT molecular complexity index is 837. The number of aryl methyl sites for hydroxylation is 1. The average Bonchev–Trinajstić information content (AvgIpc) is 2.85. The van der Waals surface area contributed by atoms with E-state index in [2.05, 4.69) is 46.9 Å². The molecule has 0 heterocycles. The van der Waals surface area contributed by atoms with Crippen molar-refractivity contribution in [2.45, 2.75) is 96.1 Å². The molecular weight excluding hydrogens is 376 g/mol. The van der Waals surface area contributed by atoms with E-state index in [1.807, 2.05) is 12.1 Å². The lowest BCUT2D eigenvalue weighted by atomic mass is 9.58. The third kappa shape index (κ3) is 3.32. The summed E-state index contributed by atoms with van der Waals surface area (Å²) in [4.78, 5) is 0. The molecule has 4 atom stereocenters. The van der Waals surface area contributed by atoms with E-state index in [1.54, 1.807) is 6.07 Å². The summed E-state index contributed by atoms with van der Waals surface area (Å²) in [7, 11) is -1.85. The van der Waals surface area contributed by atoms with E-state index in [1.165, 1.54) is 5.56 Å². The monoisotopic (exact) mass is 414 g/mol. The first-order chi connectivity index (χ1) is 13.4. The van der Waals surface area contributed by atoms with Crippen LogP contribution < -0.4 is 0 Å². The Balaban J connectivity index is 1.65. The molecule has 1 aromatic rings. The second kappa shape index (κ2) is 6.70. The van der Waals surface area contributed by atoms with Gasteiger partial charge in [-0.05, 0) is 96.8 Å². The minimum atomic E-state index is -1.85. The molecule has 4 rings (SSSR count). The molecule has 3 nitrogen and oxygen atoms in total. The Hall–Kier alpha value is -1.10. The van der Waals surface area contributed by atoms with Crippen molar-refractivity contribution in [1.29, 1.82) is 0 Å². The maximum atomic E-state index is 12.0. The molecule has 0 radical (unpaired) electrons. The average molecular weight is 415 g/mol. The summed E-state index contributed by atoms with van der Waals surface area (Å²) in [5.41, 5.74) is 2.74. The standard InChI is InChI=1S/C25H38O3Si/c1-23(2,3)29(5,6)28-22-10-9-21-24(22,4)13-12-19-15-18-16-20(26)8-7-17(18)11-14-25(19,21)27/h7-8,15-16,21-22,26-27H,9-14H2,1-6H3/t21-,22?,24+,25-/m1/s1. The van der Waals surface area contributed by atoms with Crippen LogP contribution in [0.4, 0.5) is 0 Å². The Kier molecular flexibility index (Phi) is 4.88. The van der Waals surface area contributed by atoms with Gasteiger partial charge in [0.15, 0.2) is 8.32 Å². The van der Waals surface area contributed by atoms with Gasteiger partial charge < -0.3 is 14.6 Å². The van der Waals surface area contributed by atoms with Gasteiger partial charge in [-0.3, -0.25) is 0 Å². The maximum absolute atomic E-state index is 12.0. The van der Waals surface area contributed by atoms with Gasteiger partial charge in [0, 0.05) is 0 Å². The zero-order valence-electron chi connectivity index (χ0n) is 19.0. The van der Waals surface area contributed by atoms with Crippen molar-refractivity contribution in [1.82, 2.24) is 0 Å². The van der Waals surface area contributed by atoms with Crippen LogP contribution in [-0.2, 0) is 10.8 Å². The number of hydrogen-bond acceptors (Lipinski definition) is 3. The first kappa shape index (κ1) is 21.1. The molecule has 29 heavy (non-hydrogen) atoms. The highest BCUT2D eigenvalue weighted by Gasteiger charge is 2.60. The molecule has 160 valence electrons. The van der Waals surface area contributed by atoms with Gasteiger partial charge in [0.05, 0.1) is 11.7 Å². The van der Waals surface area contributed by atoms with E-state index in [-0.39, 0.29) is 22.5 Å². The summed E-state index contributed by atoms with van der Waals surface area (Å²) >= 11 is 0. The third-order valence-electron chi connectivity index (χ3n) is 8.79. The van der Waals surface area contributed by atoms with Crippen LogP contribution in [0.2, 0.25) is 18.1 Å². The first-order valence-electron chi connectivity index (χ1n) is 11.3. The predicted octanol–water partition coefficient (Wildman–Crippen LogP) is 6.05. The molecule has 0 bridgehead atoms. The lowest BCUT2D eigenvalue weighted by molar-refractivity contribution is -0.0846. The summed E-state index contributed by atoms with van der Waals surface area (Å²) in [6.07, 6.45) is 8.10. The van der Waals surface area contributed by atoms with Gasteiger partial charge in [0.2, 0.25) is 0 Å². The van der Waals surface area contributed by atoms with Gasteiger partial charge in [0.25, 0.3) is 0 Å². The normalized spacial score (nSPS) is 34.7. The second-order valence-corrected chi connectivity index (χ2v) is 16.2. The second-order valence-electron chi connectivity index (χ2n) is 11.5.